The van der Waals surface area contributed by atoms with Gasteiger partial charge >= 0.3 is 5.97 Å². The number of carbonyl (C=O) groups is 1. The van der Waals surface area contributed by atoms with E-state index in [4.69, 9.17) is 10.2 Å². The Bertz CT molecular complexity index is 1160. The Morgan fingerprint density at radius 1 is 1.14 bits per heavy atom. The predicted octanol–water partition coefficient (Wildman–Crippen LogP) is 4.66. The first kappa shape index (κ1) is 24.8. The van der Waals surface area contributed by atoms with Crippen LogP contribution in [0.4, 0.5) is 4.39 Å². The van der Waals surface area contributed by atoms with Gasteiger partial charge in [-0.15, -0.1) is 0 Å². The number of hydrogen-bond acceptors (Lipinski definition) is 4. The van der Waals surface area contributed by atoms with Gasteiger partial charge in [-0.1, -0.05) is 36.4 Å². The van der Waals surface area contributed by atoms with Crippen molar-refractivity contribution < 1.29 is 24.5 Å². The minimum absolute atomic E-state index is 0.0740. The van der Waals surface area contributed by atoms with E-state index >= 15 is 0 Å². The van der Waals surface area contributed by atoms with E-state index in [1.54, 1.807) is 29.0 Å². The van der Waals surface area contributed by atoms with Crippen LogP contribution in [-0.2, 0) is 17.6 Å². The summed E-state index contributed by atoms with van der Waals surface area (Å²) >= 11 is 0. The second-order valence-corrected chi connectivity index (χ2v) is 9.16. The van der Waals surface area contributed by atoms with Crippen LogP contribution in [-0.4, -0.2) is 43.3 Å². The molecule has 2 aromatic carbocycles. The number of fused-ring (bicyclic) bond motifs is 1. The molecule has 0 bridgehead atoms. The van der Waals surface area contributed by atoms with Crippen LogP contribution in [0, 0.1) is 5.82 Å². The van der Waals surface area contributed by atoms with Crippen LogP contribution in [0.25, 0.3) is 11.8 Å². The molecule has 1 aliphatic carbocycles. The summed E-state index contributed by atoms with van der Waals surface area (Å²) < 4.78 is 15.4. The molecule has 3 N–H and O–H groups in total. The second-order valence-electron chi connectivity index (χ2n) is 9.16. The first-order valence-electron chi connectivity index (χ1n) is 12.1. The van der Waals surface area contributed by atoms with Gasteiger partial charge in [-0.3, -0.25) is 4.79 Å². The lowest BCUT2D eigenvalue weighted by molar-refractivity contribution is -0.139. The van der Waals surface area contributed by atoms with Crippen LogP contribution in [0.3, 0.4) is 0 Å². The zero-order chi connectivity index (χ0) is 24.8. The second kappa shape index (κ2) is 11.4. The molecular weight excluding hydrogens is 447 g/mol. The average molecular weight is 479 g/mol. The lowest BCUT2D eigenvalue weighted by Crippen LogP contribution is -2.19. The number of carboxylic acids is 1. The third-order valence-electron chi connectivity index (χ3n) is 6.52. The van der Waals surface area contributed by atoms with Crippen molar-refractivity contribution in [1.29, 1.82) is 0 Å². The molecule has 4 rings (SSSR count). The van der Waals surface area contributed by atoms with E-state index in [2.05, 4.69) is 12.1 Å². The molecule has 1 unspecified atom stereocenters. The van der Waals surface area contributed by atoms with E-state index in [1.165, 1.54) is 17.7 Å². The summed E-state index contributed by atoms with van der Waals surface area (Å²) in [5.74, 6) is -1.14. The van der Waals surface area contributed by atoms with E-state index in [0.29, 0.717) is 5.92 Å². The lowest BCUT2D eigenvalue weighted by atomic mass is 9.83. The van der Waals surface area contributed by atoms with E-state index in [9.17, 15) is 19.4 Å². The number of aromatic nitrogens is 2. The Morgan fingerprint density at radius 3 is 2.60 bits per heavy atom. The molecule has 3 aromatic rings. The summed E-state index contributed by atoms with van der Waals surface area (Å²) in [7, 11) is 0. The van der Waals surface area contributed by atoms with Gasteiger partial charge in [0.05, 0.1) is 35.7 Å². The molecule has 6 nitrogen and oxygen atoms in total. The van der Waals surface area contributed by atoms with Crippen LogP contribution in [0.5, 0.6) is 0 Å². The quantitative estimate of drug-likeness (QED) is 0.394. The fraction of sp³-hybridized carbons (Fsp3) is 0.357. The number of rotatable bonds is 10. The summed E-state index contributed by atoms with van der Waals surface area (Å²) in [6.45, 7) is 0. The van der Waals surface area contributed by atoms with Crippen molar-refractivity contribution in [3.8, 4) is 5.69 Å². The van der Waals surface area contributed by atoms with Gasteiger partial charge in [-0.05, 0) is 68.0 Å². The maximum Gasteiger partial charge on any atom is 0.305 e. The lowest BCUT2D eigenvalue weighted by Gasteiger charge is -2.21. The SMILES string of the molecule is O=C(O)C[C@@H](O)C[C@@H](O)/C=C/c1c2c(nn1-c1ccc(F)cc1)C(CCc1ccccc1)CCC2. The zero-order valence-electron chi connectivity index (χ0n) is 19.6. The molecule has 0 saturated heterocycles. The molecule has 7 heteroatoms. The van der Waals surface area contributed by atoms with Crippen molar-refractivity contribution in [2.45, 2.75) is 63.1 Å². The van der Waals surface area contributed by atoms with Crippen molar-refractivity contribution in [1.82, 2.24) is 9.78 Å². The average Bonchev–Trinajstić information content (AvgIpc) is 3.21. The molecule has 1 aromatic heterocycles. The third kappa shape index (κ3) is 6.44. The van der Waals surface area contributed by atoms with Gasteiger partial charge in [-0.2, -0.15) is 5.10 Å². The Kier molecular flexibility index (Phi) is 8.10. The molecule has 0 aliphatic heterocycles. The van der Waals surface area contributed by atoms with Gasteiger partial charge in [-0.25, -0.2) is 9.07 Å². The Labute approximate surface area is 204 Å². The molecule has 0 saturated carbocycles. The van der Waals surface area contributed by atoms with Crippen molar-refractivity contribution >= 4 is 12.0 Å². The Morgan fingerprint density at radius 2 is 1.89 bits per heavy atom. The summed E-state index contributed by atoms with van der Waals surface area (Å²) in [6, 6.07) is 16.5. The predicted molar refractivity (Wildman–Crippen MR) is 132 cm³/mol. The van der Waals surface area contributed by atoms with Crippen LogP contribution in [0.15, 0.2) is 60.7 Å². The maximum atomic E-state index is 13.6. The van der Waals surface area contributed by atoms with Gasteiger partial charge in [0.2, 0.25) is 0 Å². The van der Waals surface area contributed by atoms with Crippen molar-refractivity contribution in [2.75, 3.05) is 0 Å². The molecule has 0 radical (unpaired) electrons. The molecule has 1 aliphatic rings. The minimum Gasteiger partial charge on any atom is -0.481 e. The van der Waals surface area contributed by atoms with Gasteiger partial charge in [0.1, 0.15) is 5.82 Å². The Hall–Kier alpha value is -3.29. The molecule has 3 atom stereocenters. The van der Waals surface area contributed by atoms with Crippen LogP contribution >= 0.6 is 0 Å². The smallest absolute Gasteiger partial charge is 0.305 e. The van der Waals surface area contributed by atoms with Gasteiger partial charge in [0.15, 0.2) is 0 Å². The van der Waals surface area contributed by atoms with Gasteiger partial charge < -0.3 is 15.3 Å². The number of aryl methyl sites for hydroxylation is 1. The Balaban J connectivity index is 1.62. The largest absolute Gasteiger partial charge is 0.481 e. The molecule has 35 heavy (non-hydrogen) atoms. The monoisotopic (exact) mass is 478 g/mol. The number of benzene rings is 2. The van der Waals surface area contributed by atoms with Crippen molar-refractivity contribution in [2.24, 2.45) is 0 Å². The standard InChI is InChI=1S/C28H31FN2O4/c29-21-11-13-22(14-12-21)31-26(16-15-23(32)17-24(33)18-27(34)35)25-8-4-7-20(28(25)30-31)10-9-19-5-2-1-3-6-19/h1-3,5-6,11-16,20,23-24,32-33H,4,7-10,17-18H2,(H,34,35)/b16-15+/t20?,23-,24-/m0/s1. The van der Waals surface area contributed by atoms with Crippen LogP contribution in [0.1, 0.15) is 60.5 Å². The molecule has 0 fully saturated rings. The molecule has 1 heterocycles. The molecular formula is C28H31FN2O4. The van der Waals surface area contributed by atoms with Crippen molar-refractivity contribution in [3.05, 3.63) is 89.0 Å². The topological polar surface area (TPSA) is 95.6 Å². The van der Waals surface area contributed by atoms with E-state index in [1.807, 2.05) is 18.2 Å². The number of halogens is 1. The highest BCUT2D eigenvalue weighted by atomic mass is 19.1. The van der Waals surface area contributed by atoms with Gasteiger partial charge in [0.25, 0.3) is 0 Å². The zero-order valence-corrected chi connectivity index (χ0v) is 19.6. The van der Waals surface area contributed by atoms with E-state index < -0.39 is 24.6 Å². The fourth-order valence-corrected chi connectivity index (χ4v) is 4.79. The highest BCUT2D eigenvalue weighted by Gasteiger charge is 2.27. The summed E-state index contributed by atoms with van der Waals surface area (Å²) in [6.07, 6.45) is 5.59. The molecule has 0 spiro atoms. The summed E-state index contributed by atoms with van der Waals surface area (Å²) in [5.41, 5.74) is 5.00. The number of aliphatic hydroxyl groups is 2. The van der Waals surface area contributed by atoms with Gasteiger partial charge in [0, 0.05) is 17.9 Å². The fourth-order valence-electron chi connectivity index (χ4n) is 4.79. The van der Waals surface area contributed by atoms with Crippen LogP contribution < -0.4 is 0 Å². The summed E-state index contributed by atoms with van der Waals surface area (Å²) in [4.78, 5) is 10.8. The number of aliphatic hydroxyl groups excluding tert-OH is 2. The maximum absolute atomic E-state index is 13.6. The highest BCUT2D eigenvalue weighted by Crippen LogP contribution is 2.37. The summed E-state index contributed by atoms with van der Waals surface area (Å²) in [5, 5.41) is 34.0. The highest BCUT2D eigenvalue weighted by molar-refractivity contribution is 5.67. The van der Waals surface area contributed by atoms with Crippen LogP contribution in [0.2, 0.25) is 0 Å². The molecule has 184 valence electrons. The number of carboxylic acid groups (broad SMARTS) is 1. The normalized spacial score (nSPS) is 17.3. The third-order valence-corrected chi connectivity index (χ3v) is 6.52. The first-order chi connectivity index (χ1) is 16.9. The first-order valence-corrected chi connectivity index (χ1v) is 12.1. The van der Waals surface area contributed by atoms with E-state index in [0.717, 1.165) is 54.7 Å². The molecule has 0 amide bonds. The number of nitrogens with zero attached hydrogens (tertiary/aromatic N) is 2. The minimum atomic E-state index is -1.13. The number of aliphatic carboxylic acids is 1. The number of hydrogen-bond donors (Lipinski definition) is 3. The van der Waals surface area contributed by atoms with E-state index in [-0.39, 0.29) is 12.2 Å². The van der Waals surface area contributed by atoms with Crippen molar-refractivity contribution in [3.63, 3.8) is 0 Å².